The number of rotatable bonds is 11. The van der Waals surface area contributed by atoms with E-state index in [9.17, 15) is 9.59 Å². The summed E-state index contributed by atoms with van der Waals surface area (Å²) in [6.07, 6.45) is 5.86. The van der Waals surface area contributed by atoms with Crippen LogP contribution in [-0.2, 0) is 11.2 Å². The van der Waals surface area contributed by atoms with Gasteiger partial charge in [0, 0.05) is 19.0 Å². The number of fused-ring (bicyclic) bond motifs is 3. The van der Waals surface area contributed by atoms with E-state index in [-0.39, 0.29) is 17.4 Å². The highest BCUT2D eigenvalue weighted by Crippen LogP contribution is 2.50. The van der Waals surface area contributed by atoms with Crippen LogP contribution in [0.4, 0.5) is 5.69 Å². The minimum absolute atomic E-state index is 0.0974. The Morgan fingerprint density at radius 2 is 1.83 bits per heavy atom. The molecule has 0 heterocycles. The number of carbonyl (C=O) groups excluding carboxylic acids is 1. The maximum Gasteiger partial charge on any atom is 0.217 e. The number of nitrogens with one attached hydrogen (secondary N) is 2. The van der Waals surface area contributed by atoms with Crippen LogP contribution in [0.2, 0.25) is 0 Å². The molecule has 7 heteroatoms. The summed E-state index contributed by atoms with van der Waals surface area (Å²) >= 11 is 0. The zero-order valence-electron chi connectivity index (χ0n) is 22.5. The van der Waals surface area contributed by atoms with Gasteiger partial charge in [-0.05, 0) is 60.1 Å². The Balaban J connectivity index is 2.18. The van der Waals surface area contributed by atoms with E-state index in [2.05, 4.69) is 24.5 Å². The third kappa shape index (κ3) is 5.94. The lowest BCUT2D eigenvalue weighted by Gasteiger charge is -2.19. The average molecular weight is 497 g/mol. The minimum atomic E-state index is -0.313. The van der Waals surface area contributed by atoms with Gasteiger partial charge >= 0.3 is 0 Å². The summed E-state index contributed by atoms with van der Waals surface area (Å²) in [6.45, 7) is 6.64. The van der Waals surface area contributed by atoms with Crippen LogP contribution >= 0.6 is 0 Å². The molecule has 0 aliphatic heterocycles. The second kappa shape index (κ2) is 12.7. The predicted octanol–water partition coefficient (Wildman–Crippen LogP) is 5.49. The van der Waals surface area contributed by atoms with Gasteiger partial charge < -0.3 is 24.8 Å². The van der Waals surface area contributed by atoms with Crippen LogP contribution in [0.3, 0.4) is 0 Å². The fourth-order valence-electron chi connectivity index (χ4n) is 5.05. The molecule has 3 rings (SSSR count). The summed E-state index contributed by atoms with van der Waals surface area (Å²) in [5, 5.41) is 6.45. The number of benzene rings is 1. The number of methoxy groups -OCH3 is 3. The molecule has 1 amide bonds. The molecular formula is C29H40N2O5. The van der Waals surface area contributed by atoms with Gasteiger partial charge in [0.25, 0.3) is 0 Å². The van der Waals surface area contributed by atoms with Crippen LogP contribution in [0, 0.1) is 5.92 Å². The summed E-state index contributed by atoms with van der Waals surface area (Å²) in [7, 11) is 4.78. The standard InChI is InChI=1S/C29H40N2O5/c1-7-9-10-19(8-2)17-30-24-14-12-21-22(16-25(24)33)23(31-18(3)32)13-11-20-15-26(34-4)28(35-5)29(36-6)27(20)21/h12,14-16,19,23H,7-11,13,17H2,1-6H3,(H,30,33)(H,31,32)/t19-,23-/m0/s1. The van der Waals surface area contributed by atoms with Crippen LogP contribution in [0.1, 0.15) is 70.0 Å². The third-order valence-electron chi connectivity index (χ3n) is 7.04. The number of unbranched alkanes of at least 4 members (excludes halogenated alkanes) is 1. The number of ether oxygens (including phenoxy) is 3. The number of hydrogen-bond donors (Lipinski definition) is 2. The molecule has 0 spiro atoms. The van der Waals surface area contributed by atoms with Gasteiger partial charge in [-0.2, -0.15) is 0 Å². The quantitative estimate of drug-likeness (QED) is 0.428. The predicted molar refractivity (Wildman–Crippen MR) is 144 cm³/mol. The van der Waals surface area contributed by atoms with Gasteiger partial charge in [0.15, 0.2) is 11.5 Å². The molecule has 0 saturated carbocycles. The number of aryl methyl sites for hydroxylation is 1. The van der Waals surface area contributed by atoms with Gasteiger partial charge in [0.2, 0.25) is 17.1 Å². The van der Waals surface area contributed by atoms with E-state index in [1.165, 1.54) is 13.3 Å². The van der Waals surface area contributed by atoms with Crippen LogP contribution in [0.25, 0.3) is 11.1 Å². The second-order valence-electron chi connectivity index (χ2n) is 9.39. The highest BCUT2D eigenvalue weighted by atomic mass is 16.5. The van der Waals surface area contributed by atoms with Crippen molar-refractivity contribution in [2.24, 2.45) is 5.92 Å². The monoisotopic (exact) mass is 496 g/mol. The first kappa shape index (κ1) is 27.4. The van der Waals surface area contributed by atoms with Crippen molar-refractivity contribution in [1.29, 1.82) is 0 Å². The Labute approximate surface area is 214 Å². The molecule has 7 nitrogen and oxygen atoms in total. The topological polar surface area (TPSA) is 85.9 Å². The van der Waals surface area contributed by atoms with Crippen molar-refractivity contribution in [2.45, 2.75) is 65.3 Å². The summed E-state index contributed by atoms with van der Waals surface area (Å²) in [4.78, 5) is 25.5. The van der Waals surface area contributed by atoms with Gasteiger partial charge in [-0.3, -0.25) is 9.59 Å². The van der Waals surface area contributed by atoms with Gasteiger partial charge in [0.05, 0.1) is 33.1 Å². The van der Waals surface area contributed by atoms with E-state index in [4.69, 9.17) is 14.2 Å². The van der Waals surface area contributed by atoms with Crippen LogP contribution in [0.15, 0.2) is 29.1 Å². The fourth-order valence-corrected chi connectivity index (χ4v) is 5.05. The van der Waals surface area contributed by atoms with E-state index < -0.39 is 0 Å². The number of hydrogen-bond acceptors (Lipinski definition) is 6. The van der Waals surface area contributed by atoms with Crippen LogP contribution < -0.4 is 30.3 Å². The zero-order chi connectivity index (χ0) is 26.2. The van der Waals surface area contributed by atoms with Crippen LogP contribution in [0.5, 0.6) is 17.2 Å². The molecule has 0 radical (unpaired) electrons. The van der Waals surface area contributed by atoms with Gasteiger partial charge in [-0.15, -0.1) is 0 Å². The van der Waals surface area contributed by atoms with Crippen molar-refractivity contribution in [3.8, 4) is 28.4 Å². The molecular weight excluding hydrogens is 456 g/mol. The Kier molecular flexibility index (Phi) is 9.62. The van der Waals surface area contributed by atoms with E-state index in [0.29, 0.717) is 41.7 Å². The van der Waals surface area contributed by atoms with Gasteiger partial charge in [-0.1, -0.05) is 39.2 Å². The Bertz CT molecular complexity index is 1130. The third-order valence-corrected chi connectivity index (χ3v) is 7.04. The summed E-state index contributed by atoms with van der Waals surface area (Å²) in [5.41, 5.74) is 3.93. The smallest absolute Gasteiger partial charge is 0.217 e. The highest BCUT2D eigenvalue weighted by Gasteiger charge is 2.29. The molecule has 2 aromatic carbocycles. The normalized spacial score (nSPS) is 15.1. The summed E-state index contributed by atoms with van der Waals surface area (Å²) < 4.78 is 17.1. The molecule has 1 aliphatic carbocycles. The van der Waals surface area contributed by atoms with Crippen LogP contribution in [-0.4, -0.2) is 33.8 Å². The molecule has 2 N–H and O–H groups in total. The van der Waals surface area contributed by atoms with Crippen molar-refractivity contribution in [1.82, 2.24) is 5.32 Å². The second-order valence-corrected chi connectivity index (χ2v) is 9.39. The average Bonchev–Trinajstić information content (AvgIpc) is 3.11. The summed E-state index contributed by atoms with van der Waals surface area (Å²) in [5.74, 6) is 2.00. The van der Waals surface area contributed by atoms with E-state index in [0.717, 1.165) is 48.1 Å². The first-order valence-corrected chi connectivity index (χ1v) is 12.9. The van der Waals surface area contributed by atoms with E-state index in [1.807, 2.05) is 18.2 Å². The van der Waals surface area contributed by atoms with Crippen molar-refractivity contribution in [3.05, 3.63) is 45.6 Å². The molecule has 2 aromatic rings. The molecule has 0 bridgehead atoms. The first-order chi connectivity index (χ1) is 17.4. The number of amides is 1. The molecule has 196 valence electrons. The SMILES string of the molecule is CCCC[C@H](CC)CNc1ccc2c(cc1=O)[C@@H](NC(C)=O)CCc1cc(OC)c(OC)c(OC)c1-2. The molecule has 0 fully saturated rings. The Morgan fingerprint density at radius 3 is 2.44 bits per heavy atom. The van der Waals surface area contributed by atoms with Gasteiger partial charge in [-0.25, -0.2) is 0 Å². The van der Waals surface area contributed by atoms with E-state index in [1.54, 1.807) is 27.4 Å². The molecule has 1 aliphatic rings. The van der Waals surface area contributed by atoms with Crippen molar-refractivity contribution < 1.29 is 19.0 Å². The van der Waals surface area contributed by atoms with E-state index >= 15 is 0 Å². The zero-order valence-corrected chi connectivity index (χ0v) is 22.5. The Hall–Kier alpha value is -3.22. The molecule has 0 unspecified atom stereocenters. The molecule has 2 atom stereocenters. The number of anilines is 1. The molecule has 36 heavy (non-hydrogen) atoms. The largest absolute Gasteiger partial charge is 0.493 e. The first-order valence-electron chi connectivity index (χ1n) is 12.9. The fraction of sp³-hybridized carbons (Fsp3) is 0.517. The lowest BCUT2D eigenvalue weighted by molar-refractivity contribution is -0.119. The number of carbonyl (C=O) groups is 1. The Morgan fingerprint density at radius 1 is 1.08 bits per heavy atom. The lowest BCUT2D eigenvalue weighted by atomic mass is 9.95. The van der Waals surface area contributed by atoms with Crippen molar-refractivity contribution in [2.75, 3.05) is 33.2 Å². The summed E-state index contributed by atoms with van der Waals surface area (Å²) in [6, 6.07) is 7.12. The molecule has 0 aromatic heterocycles. The lowest BCUT2D eigenvalue weighted by Crippen LogP contribution is -2.26. The maximum atomic E-state index is 13.4. The van der Waals surface area contributed by atoms with Crippen molar-refractivity contribution >= 4 is 11.6 Å². The highest BCUT2D eigenvalue weighted by molar-refractivity contribution is 5.83. The maximum absolute atomic E-state index is 13.4. The van der Waals surface area contributed by atoms with Gasteiger partial charge in [0.1, 0.15) is 0 Å². The van der Waals surface area contributed by atoms with Crippen molar-refractivity contribution in [3.63, 3.8) is 0 Å². The molecule has 0 saturated heterocycles. The minimum Gasteiger partial charge on any atom is -0.493 e.